The molecule has 0 saturated carbocycles. The van der Waals surface area contributed by atoms with Gasteiger partial charge >= 0.3 is 5.91 Å². The van der Waals surface area contributed by atoms with E-state index in [0.717, 1.165) is 10.6 Å². The molecule has 1 aliphatic rings. The van der Waals surface area contributed by atoms with Gasteiger partial charge in [0.1, 0.15) is 17.3 Å². The normalized spacial score (nSPS) is 17.5. The van der Waals surface area contributed by atoms with Crippen molar-refractivity contribution in [3.05, 3.63) is 75.8 Å². The van der Waals surface area contributed by atoms with Gasteiger partial charge in [0.2, 0.25) is 0 Å². The summed E-state index contributed by atoms with van der Waals surface area (Å²) in [6.07, 6.45) is 0. The second-order valence-electron chi connectivity index (χ2n) is 7.54. The van der Waals surface area contributed by atoms with E-state index in [1.165, 1.54) is 16.2 Å². The van der Waals surface area contributed by atoms with Crippen LogP contribution in [0.3, 0.4) is 0 Å². The number of benzene rings is 2. The van der Waals surface area contributed by atoms with E-state index in [-0.39, 0.29) is 11.3 Å². The third-order valence-electron chi connectivity index (χ3n) is 5.54. The Labute approximate surface area is 195 Å². The molecule has 4 rings (SSSR count). The minimum atomic E-state index is -0.826. The first kappa shape index (κ1) is 22.5. The second kappa shape index (κ2) is 9.07. The summed E-state index contributed by atoms with van der Waals surface area (Å²) >= 11 is 1.34. The molecule has 0 unspecified atom stereocenters. The van der Waals surface area contributed by atoms with E-state index in [1.807, 2.05) is 20.8 Å². The van der Waals surface area contributed by atoms with Crippen LogP contribution in [-0.2, 0) is 9.59 Å². The number of Topliss-reactive ketones (excluding diaryl/α,β-unsaturated/α-hetero) is 1. The van der Waals surface area contributed by atoms with Gasteiger partial charge in [-0.3, -0.25) is 14.5 Å². The number of carbonyl (C=O) groups excluding carboxylic acids is 2. The van der Waals surface area contributed by atoms with Crippen LogP contribution < -0.4 is 14.4 Å². The van der Waals surface area contributed by atoms with Gasteiger partial charge in [-0.05, 0) is 62.7 Å². The zero-order chi connectivity index (χ0) is 23.7. The largest absolute Gasteiger partial charge is 0.507 e. The van der Waals surface area contributed by atoms with E-state index in [1.54, 1.807) is 55.6 Å². The third-order valence-corrected chi connectivity index (χ3v) is 6.61. The number of ether oxygens (including phenoxy) is 2. The summed E-state index contributed by atoms with van der Waals surface area (Å²) in [6.45, 7) is 6.16. The van der Waals surface area contributed by atoms with E-state index in [4.69, 9.17) is 9.47 Å². The van der Waals surface area contributed by atoms with Gasteiger partial charge < -0.3 is 14.6 Å². The number of amides is 1. The van der Waals surface area contributed by atoms with Gasteiger partial charge in [0.15, 0.2) is 5.13 Å². The fraction of sp³-hybridized carbons (Fsp3) is 0.240. The molecule has 33 heavy (non-hydrogen) atoms. The van der Waals surface area contributed by atoms with E-state index >= 15 is 0 Å². The average molecular weight is 465 g/mol. The van der Waals surface area contributed by atoms with Crippen molar-refractivity contribution in [3.8, 4) is 11.5 Å². The fourth-order valence-corrected chi connectivity index (χ4v) is 4.66. The number of aliphatic hydroxyl groups is 1. The second-order valence-corrected chi connectivity index (χ2v) is 8.72. The summed E-state index contributed by atoms with van der Waals surface area (Å²) in [4.78, 5) is 33.2. The molecule has 2 aromatic carbocycles. The maximum atomic E-state index is 13.2. The highest BCUT2D eigenvalue weighted by Gasteiger charge is 2.48. The Balaban J connectivity index is 1.88. The number of ketones is 1. The number of aliphatic hydroxyl groups excluding tert-OH is 1. The number of anilines is 1. The predicted octanol–water partition coefficient (Wildman–Crippen LogP) is 4.79. The van der Waals surface area contributed by atoms with Crippen molar-refractivity contribution in [3.63, 3.8) is 0 Å². The highest BCUT2D eigenvalue weighted by molar-refractivity contribution is 7.16. The zero-order valence-corrected chi connectivity index (χ0v) is 19.6. The molecule has 0 bridgehead atoms. The molecule has 1 aromatic heterocycles. The van der Waals surface area contributed by atoms with Crippen LogP contribution in [0.5, 0.6) is 11.5 Å². The smallest absolute Gasteiger partial charge is 0.301 e. The molecule has 0 radical (unpaired) electrons. The van der Waals surface area contributed by atoms with E-state index < -0.39 is 17.7 Å². The zero-order valence-electron chi connectivity index (χ0n) is 18.8. The standard InChI is InChI=1S/C25H24N2O5S/c1-5-32-19-12-8-17(9-13-19)22(28)20-21(16-6-10-18(31-4)11-7-16)27(24(30)23(20)29)25-26-14(2)15(3)33-25/h6-13,21,28H,5H2,1-4H3/b22-20+/t21-/m0/s1. The van der Waals surface area contributed by atoms with Crippen molar-refractivity contribution in [2.45, 2.75) is 26.8 Å². The Morgan fingerprint density at radius 3 is 2.24 bits per heavy atom. The van der Waals surface area contributed by atoms with Crippen LogP contribution in [0.25, 0.3) is 5.76 Å². The van der Waals surface area contributed by atoms with Crippen LogP contribution in [0.1, 0.15) is 34.7 Å². The summed E-state index contributed by atoms with van der Waals surface area (Å²) in [6, 6.07) is 13.0. The monoisotopic (exact) mass is 464 g/mol. The number of carbonyl (C=O) groups is 2. The molecule has 7 nitrogen and oxygen atoms in total. The lowest BCUT2D eigenvalue weighted by atomic mass is 9.95. The van der Waals surface area contributed by atoms with Crippen LogP contribution in [-0.4, -0.2) is 35.5 Å². The quantitative estimate of drug-likeness (QED) is 0.320. The molecule has 1 fully saturated rings. The Morgan fingerprint density at radius 2 is 1.70 bits per heavy atom. The molecular formula is C25H24N2O5S. The minimum Gasteiger partial charge on any atom is -0.507 e. The first-order chi connectivity index (χ1) is 15.8. The molecule has 170 valence electrons. The molecular weight excluding hydrogens is 440 g/mol. The maximum absolute atomic E-state index is 13.2. The van der Waals surface area contributed by atoms with Gasteiger partial charge in [0.05, 0.1) is 31.0 Å². The van der Waals surface area contributed by atoms with E-state index in [2.05, 4.69) is 4.98 Å². The first-order valence-corrected chi connectivity index (χ1v) is 11.3. The Kier molecular flexibility index (Phi) is 6.20. The number of aryl methyl sites for hydroxylation is 2. The topological polar surface area (TPSA) is 89.0 Å². The van der Waals surface area contributed by atoms with Crippen molar-refractivity contribution in [1.82, 2.24) is 4.98 Å². The van der Waals surface area contributed by atoms with Crippen LogP contribution in [0.4, 0.5) is 5.13 Å². The van der Waals surface area contributed by atoms with Crippen molar-refractivity contribution >= 4 is 33.9 Å². The Hall–Kier alpha value is -3.65. The lowest BCUT2D eigenvalue weighted by molar-refractivity contribution is -0.132. The molecule has 1 aliphatic heterocycles. The molecule has 2 heterocycles. The Bertz CT molecular complexity index is 1210. The molecule has 1 amide bonds. The van der Waals surface area contributed by atoms with Crippen LogP contribution >= 0.6 is 11.3 Å². The summed E-state index contributed by atoms with van der Waals surface area (Å²) in [5, 5.41) is 11.6. The fourth-order valence-electron chi connectivity index (χ4n) is 3.72. The Morgan fingerprint density at radius 1 is 1.06 bits per heavy atom. The molecule has 0 aliphatic carbocycles. The molecule has 8 heteroatoms. The van der Waals surface area contributed by atoms with Gasteiger partial charge in [0, 0.05) is 10.4 Å². The summed E-state index contributed by atoms with van der Waals surface area (Å²) in [5.74, 6) is -0.437. The number of rotatable bonds is 6. The van der Waals surface area contributed by atoms with E-state index in [0.29, 0.717) is 34.4 Å². The van der Waals surface area contributed by atoms with Gasteiger partial charge in [-0.2, -0.15) is 0 Å². The van der Waals surface area contributed by atoms with Crippen molar-refractivity contribution in [2.75, 3.05) is 18.6 Å². The summed E-state index contributed by atoms with van der Waals surface area (Å²) in [5.41, 5.74) is 1.88. The van der Waals surface area contributed by atoms with Crippen molar-refractivity contribution in [1.29, 1.82) is 0 Å². The minimum absolute atomic E-state index is 0.0137. The number of aromatic nitrogens is 1. The molecule has 1 N–H and O–H groups in total. The number of nitrogens with zero attached hydrogens (tertiary/aromatic N) is 2. The van der Waals surface area contributed by atoms with E-state index in [9.17, 15) is 14.7 Å². The SMILES string of the molecule is CCOc1ccc(/C(O)=C2\C(=O)C(=O)N(c3nc(C)c(C)s3)[C@H]2c2ccc(OC)cc2)cc1. The summed E-state index contributed by atoms with van der Waals surface area (Å²) < 4.78 is 10.7. The lowest BCUT2D eigenvalue weighted by Crippen LogP contribution is -2.29. The lowest BCUT2D eigenvalue weighted by Gasteiger charge is -2.23. The summed E-state index contributed by atoms with van der Waals surface area (Å²) in [7, 11) is 1.56. The van der Waals surface area contributed by atoms with Crippen LogP contribution in [0, 0.1) is 13.8 Å². The number of methoxy groups -OCH3 is 1. The number of hydrogen-bond acceptors (Lipinski definition) is 7. The highest BCUT2D eigenvalue weighted by atomic mass is 32.1. The van der Waals surface area contributed by atoms with Crippen LogP contribution in [0.2, 0.25) is 0 Å². The molecule has 1 atom stereocenters. The number of thiazole rings is 1. The first-order valence-electron chi connectivity index (χ1n) is 10.5. The molecule has 0 spiro atoms. The van der Waals surface area contributed by atoms with Crippen molar-refractivity contribution < 1.29 is 24.2 Å². The maximum Gasteiger partial charge on any atom is 0.301 e. The van der Waals surface area contributed by atoms with Gasteiger partial charge in [0.25, 0.3) is 5.78 Å². The van der Waals surface area contributed by atoms with Crippen LogP contribution in [0.15, 0.2) is 54.1 Å². The average Bonchev–Trinajstić information content (AvgIpc) is 3.29. The third kappa shape index (κ3) is 4.09. The molecule has 1 saturated heterocycles. The predicted molar refractivity (Wildman–Crippen MR) is 127 cm³/mol. The highest BCUT2D eigenvalue weighted by Crippen LogP contribution is 2.44. The molecule has 3 aromatic rings. The van der Waals surface area contributed by atoms with Crippen molar-refractivity contribution in [2.24, 2.45) is 0 Å². The number of hydrogen-bond donors (Lipinski definition) is 1. The van der Waals surface area contributed by atoms with Gasteiger partial charge in [-0.25, -0.2) is 4.98 Å². The van der Waals surface area contributed by atoms with Gasteiger partial charge in [-0.15, -0.1) is 11.3 Å². The van der Waals surface area contributed by atoms with Gasteiger partial charge in [-0.1, -0.05) is 12.1 Å².